The fourth-order valence-electron chi connectivity index (χ4n) is 3.49. The molecule has 0 spiro atoms. The Bertz CT molecular complexity index is 953. The van der Waals surface area contributed by atoms with Crippen LogP contribution in [0.5, 0.6) is 0 Å². The molecule has 1 aliphatic heterocycles. The molecule has 1 aromatic carbocycles. The molecule has 0 unspecified atom stereocenters. The van der Waals surface area contributed by atoms with E-state index in [0.717, 1.165) is 55.5 Å². The lowest BCUT2D eigenvalue weighted by molar-refractivity contribution is 0.207. The van der Waals surface area contributed by atoms with Crippen molar-refractivity contribution in [2.75, 3.05) is 31.1 Å². The first-order valence-corrected chi connectivity index (χ1v) is 9.21. The molecule has 0 atom stereocenters. The van der Waals surface area contributed by atoms with Crippen molar-refractivity contribution >= 4 is 29.1 Å². The molecule has 134 valence electrons. The predicted molar refractivity (Wildman–Crippen MR) is 107 cm³/mol. The van der Waals surface area contributed by atoms with Gasteiger partial charge in [-0.15, -0.1) is 6.58 Å². The van der Waals surface area contributed by atoms with E-state index >= 15 is 0 Å². The molecule has 0 aliphatic carbocycles. The van der Waals surface area contributed by atoms with E-state index in [0.29, 0.717) is 0 Å². The number of hydrogen-bond donors (Lipinski definition) is 0. The second-order valence-electron chi connectivity index (χ2n) is 6.41. The summed E-state index contributed by atoms with van der Waals surface area (Å²) < 4.78 is 5.22. The lowest BCUT2D eigenvalue weighted by Crippen LogP contribution is -2.47. The highest BCUT2D eigenvalue weighted by atomic mass is 32.1. The zero-order valence-electron chi connectivity index (χ0n) is 14.7. The van der Waals surface area contributed by atoms with Crippen molar-refractivity contribution < 1.29 is 0 Å². The van der Waals surface area contributed by atoms with Crippen molar-refractivity contribution in [1.29, 1.82) is 0 Å². The van der Waals surface area contributed by atoms with Gasteiger partial charge < -0.3 is 14.0 Å². The zero-order chi connectivity index (χ0) is 17.9. The van der Waals surface area contributed by atoms with Gasteiger partial charge >= 0.3 is 0 Å². The molecule has 26 heavy (non-hydrogen) atoms. The van der Waals surface area contributed by atoms with E-state index in [-0.39, 0.29) is 0 Å². The maximum absolute atomic E-state index is 5.75. The number of imidazole rings is 1. The Morgan fingerprint density at radius 2 is 1.77 bits per heavy atom. The smallest absolute Gasteiger partial charge is 0.182 e. The molecule has 0 N–H and O–H groups in total. The normalized spacial score (nSPS) is 15.5. The summed E-state index contributed by atoms with van der Waals surface area (Å²) >= 11 is 5.75. The Morgan fingerprint density at radius 1 is 1.04 bits per heavy atom. The number of anilines is 1. The Labute approximate surface area is 158 Å². The molecular weight excluding hydrogens is 344 g/mol. The highest BCUT2D eigenvalue weighted by Crippen LogP contribution is 2.20. The number of fused-ring (bicyclic) bond motifs is 1. The van der Waals surface area contributed by atoms with E-state index in [1.165, 1.54) is 5.52 Å². The Kier molecular flexibility index (Phi) is 4.81. The van der Waals surface area contributed by atoms with Crippen LogP contribution in [0.15, 0.2) is 55.5 Å². The van der Waals surface area contributed by atoms with Gasteiger partial charge in [0.25, 0.3) is 0 Å². The molecule has 2 aromatic heterocycles. The molecule has 1 fully saturated rings. The summed E-state index contributed by atoms with van der Waals surface area (Å²) in [5.41, 5.74) is 2.34. The second-order valence-corrected chi connectivity index (χ2v) is 6.77. The quantitative estimate of drug-likeness (QED) is 0.513. The van der Waals surface area contributed by atoms with Gasteiger partial charge in [0, 0.05) is 45.1 Å². The van der Waals surface area contributed by atoms with E-state index in [4.69, 9.17) is 12.2 Å². The average Bonchev–Trinajstić information content (AvgIpc) is 2.96. The molecule has 3 heterocycles. The third-order valence-electron chi connectivity index (χ3n) is 4.82. The number of rotatable bonds is 5. The highest BCUT2D eigenvalue weighted by Gasteiger charge is 2.19. The first-order valence-electron chi connectivity index (χ1n) is 8.80. The summed E-state index contributed by atoms with van der Waals surface area (Å²) in [6.07, 6.45) is 7.18. The van der Waals surface area contributed by atoms with Crippen LogP contribution >= 0.6 is 12.2 Å². The SMILES string of the molecule is C=CCn1c(=S)n(CN2CCN(c3cnccn3)CC2)c2ccccc21. The number of allylic oxidation sites excluding steroid dienone is 1. The van der Waals surface area contributed by atoms with Crippen molar-refractivity contribution in [3.63, 3.8) is 0 Å². The van der Waals surface area contributed by atoms with Crippen LogP contribution in [0.3, 0.4) is 0 Å². The van der Waals surface area contributed by atoms with Crippen LogP contribution in [0.25, 0.3) is 11.0 Å². The van der Waals surface area contributed by atoms with Crippen LogP contribution in [0, 0.1) is 4.77 Å². The summed E-state index contributed by atoms with van der Waals surface area (Å²) in [5.74, 6) is 0.950. The largest absolute Gasteiger partial charge is 0.353 e. The van der Waals surface area contributed by atoms with E-state index < -0.39 is 0 Å². The van der Waals surface area contributed by atoms with Gasteiger partial charge in [-0.05, 0) is 24.4 Å². The van der Waals surface area contributed by atoms with Crippen molar-refractivity contribution in [3.05, 3.63) is 60.3 Å². The number of hydrogen-bond acceptors (Lipinski definition) is 5. The molecule has 6 nitrogen and oxygen atoms in total. The Hall–Kier alpha value is -2.51. The van der Waals surface area contributed by atoms with Gasteiger partial charge in [0.05, 0.1) is 23.9 Å². The Morgan fingerprint density at radius 3 is 2.42 bits per heavy atom. The highest BCUT2D eigenvalue weighted by molar-refractivity contribution is 7.71. The van der Waals surface area contributed by atoms with Crippen LogP contribution < -0.4 is 4.90 Å². The lowest BCUT2D eigenvalue weighted by atomic mass is 10.3. The number of nitrogens with zero attached hydrogens (tertiary/aromatic N) is 6. The maximum atomic E-state index is 5.75. The standard InChI is InChI=1S/C19H22N6S/c1-2-9-24-16-5-3-4-6-17(16)25(19(24)26)15-22-10-12-23(13-11-22)18-14-20-7-8-21-18/h2-8,14H,1,9-13,15H2. The molecular formula is C19H22N6S. The summed E-state index contributed by atoms with van der Waals surface area (Å²) in [6.45, 7) is 9.22. The van der Waals surface area contributed by atoms with E-state index in [9.17, 15) is 0 Å². The van der Waals surface area contributed by atoms with Crippen molar-refractivity contribution in [3.8, 4) is 0 Å². The molecule has 0 radical (unpaired) electrons. The van der Waals surface area contributed by atoms with Gasteiger partial charge in [-0.2, -0.15) is 0 Å². The van der Waals surface area contributed by atoms with Gasteiger partial charge in [-0.3, -0.25) is 9.88 Å². The van der Waals surface area contributed by atoms with Crippen LogP contribution in [-0.2, 0) is 13.2 Å². The minimum absolute atomic E-state index is 0.729. The minimum Gasteiger partial charge on any atom is -0.353 e. The van der Waals surface area contributed by atoms with Gasteiger partial charge in [-0.25, -0.2) is 4.98 Å². The molecule has 0 saturated carbocycles. The predicted octanol–water partition coefficient (Wildman–Crippen LogP) is 2.93. The fraction of sp³-hybridized carbons (Fsp3) is 0.316. The van der Waals surface area contributed by atoms with Crippen molar-refractivity contribution in [1.82, 2.24) is 24.0 Å². The van der Waals surface area contributed by atoms with Crippen LogP contribution in [-0.4, -0.2) is 50.2 Å². The van der Waals surface area contributed by atoms with Crippen LogP contribution in [0.2, 0.25) is 0 Å². The lowest BCUT2D eigenvalue weighted by Gasteiger charge is -2.35. The molecule has 1 aliphatic rings. The molecule has 0 bridgehead atoms. The van der Waals surface area contributed by atoms with Crippen LogP contribution in [0.1, 0.15) is 0 Å². The van der Waals surface area contributed by atoms with Gasteiger partial charge in [0.2, 0.25) is 0 Å². The number of para-hydroxylation sites is 2. The number of aromatic nitrogens is 4. The van der Waals surface area contributed by atoms with Gasteiger partial charge in [0.15, 0.2) is 4.77 Å². The molecule has 7 heteroatoms. The maximum Gasteiger partial charge on any atom is 0.182 e. The van der Waals surface area contributed by atoms with Crippen molar-refractivity contribution in [2.45, 2.75) is 13.2 Å². The topological polar surface area (TPSA) is 42.1 Å². The average molecular weight is 366 g/mol. The Balaban J connectivity index is 1.53. The molecule has 3 aromatic rings. The number of benzene rings is 1. The monoisotopic (exact) mass is 366 g/mol. The molecule has 0 amide bonds. The number of piperazine rings is 1. The van der Waals surface area contributed by atoms with Gasteiger partial charge in [0.1, 0.15) is 5.82 Å². The summed E-state index contributed by atoms with van der Waals surface area (Å²) in [5, 5.41) is 0. The van der Waals surface area contributed by atoms with Gasteiger partial charge in [-0.1, -0.05) is 18.2 Å². The summed E-state index contributed by atoms with van der Waals surface area (Å²) in [6, 6.07) is 8.39. The van der Waals surface area contributed by atoms with E-state index in [2.05, 4.69) is 59.7 Å². The second kappa shape index (κ2) is 7.39. The van der Waals surface area contributed by atoms with E-state index in [1.54, 1.807) is 12.4 Å². The molecule has 1 saturated heterocycles. The fourth-order valence-corrected chi connectivity index (χ4v) is 3.82. The minimum atomic E-state index is 0.729. The van der Waals surface area contributed by atoms with Crippen LogP contribution in [0.4, 0.5) is 5.82 Å². The molecule has 4 rings (SSSR count). The third-order valence-corrected chi connectivity index (χ3v) is 5.26. The zero-order valence-corrected chi connectivity index (χ0v) is 15.5. The first-order chi connectivity index (χ1) is 12.8. The summed E-state index contributed by atoms with van der Waals surface area (Å²) in [4.78, 5) is 13.3. The van der Waals surface area contributed by atoms with E-state index in [1.807, 2.05) is 12.3 Å². The summed E-state index contributed by atoms with van der Waals surface area (Å²) in [7, 11) is 0. The first kappa shape index (κ1) is 16.9. The van der Waals surface area contributed by atoms with Crippen molar-refractivity contribution in [2.24, 2.45) is 0 Å². The third kappa shape index (κ3) is 3.15.